The van der Waals surface area contributed by atoms with Crippen molar-refractivity contribution in [2.24, 2.45) is 10.1 Å². The van der Waals surface area contributed by atoms with Gasteiger partial charge in [-0.05, 0) is 24.3 Å². The van der Waals surface area contributed by atoms with Crippen molar-refractivity contribution >= 4 is 33.0 Å². The topological polar surface area (TPSA) is 102 Å². The van der Waals surface area contributed by atoms with Crippen molar-refractivity contribution in [2.45, 2.75) is 4.90 Å². The van der Waals surface area contributed by atoms with Gasteiger partial charge in [0.2, 0.25) is 10.0 Å². The van der Waals surface area contributed by atoms with Crippen molar-refractivity contribution in [1.82, 2.24) is 0 Å². The van der Waals surface area contributed by atoms with Crippen LogP contribution in [-0.2, 0) is 14.8 Å². The monoisotopic (exact) mass is 301 g/mol. The predicted octanol–water partition coefficient (Wildman–Crippen LogP) is 1.41. The highest BCUT2D eigenvalue weighted by atomic mass is 32.2. The van der Waals surface area contributed by atoms with Crippen molar-refractivity contribution in [3.63, 3.8) is 0 Å². The molecule has 2 aromatic rings. The Bertz CT molecular complexity index is 873. The van der Waals surface area contributed by atoms with Crippen LogP contribution in [0.4, 0.5) is 11.4 Å². The van der Waals surface area contributed by atoms with E-state index in [-0.39, 0.29) is 16.5 Å². The Morgan fingerprint density at radius 3 is 2.57 bits per heavy atom. The fourth-order valence-corrected chi connectivity index (χ4v) is 2.63. The molecule has 7 heteroatoms. The summed E-state index contributed by atoms with van der Waals surface area (Å²) in [6.45, 7) is 0. The zero-order chi connectivity index (χ0) is 15.0. The zero-order valence-electron chi connectivity index (χ0n) is 10.8. The minimum absolute atomic E-state index is 0.0453. The molecule has 6 nitrogen and oxygen atoms in total. The molecule has 0 unspecified atom stereocenters. The molecule has 0 aromatic heterocycles. The summed E-state index contributed by atoms with van der Waals surface area (Å²) in [5.74, 6) is -0.322. The smallest absolute Gasteiger partial charge is 0.275 e. The number of primary sulfonamides is 1. The maximum absolute atomic E-state index is 11.9. The fraction of sp³-hybridized carbons (Fsp3) is 0. The SMILES string of the molecule is NS(=O)(=O)c1cccc(N=C2C(=O)Nc3ccccc32)c1. The van der Waals surface area contributed by atoms with Crippen molar-refractivity contribution in [1.29, 1.82) is 0 Å². The summed E-state index contributed by atoms with van der Waals surface area (Å²) in [4.78, 5) is 16.1. The first kappa shape index (κ1) is 13.5. The third kappa shape index (κ3) is 2.56. The van der Waals surface area contributed by atoms with Crippen molar-refractivity contribution in [3.8, 4) is 0 Å². The number of carbonyl (C=O) groups excluding carboxylic acids is 1. The van der Waals surface area contributed by atoms with E-state index < -0.39 is 10.0 Å². The van der Waals surface area contributed by atoms with E-state index in [0.29, 0.717) is 16.9 Å². The number of carbonyl (C=O) groups is 1. The lowest BCUT2D eigenvalue weighted by Gasteiger charge is -2.01. The lowest BCUT2D eigenvalue weighted by molar-refractivity contribution is -0.110. The molecule has 3 N–H and O–H groups in total. The van der Waals surface area contributed by atoms with E-state index in [1.807, 2.05) is 6.07 Å². The van der Waals surface area contributed by atoms with Crippen LogP contribution in [-0.4, -0.2) is 20.0 Å². The van der Waals surface area contributed by atoms with Crippen molar-refractivity contribution in [3.05, 3.63) is 54.1 Å². The normalized spacial score (nSPS) is 15.9. The van der Waals surface area contributed by atoms with Gasteiger partial charge in [0.1, 0.15) is 5.71 Å². The number of nitrogens with two attached hydrogens (primary N) is 1. The molecule has 0 radical (unpaired) electrons. The van der Waals surface area contributed by atoms with Gasteiger partial charge in [0.15, 0.2) is 0 Å². The highest BCUT2D eigenvalue weighted by Gasteiger charge is 2.25. The highest BCUT2D eigenvalue weighted by Crippen LogP contribution is 2.26. The van der Waals surface area contributed by atoms with Gasteiger partial charge in [0.05, 0.1) is 16.3 Å². The Balaban J connectivity index is 2.09. The molecule has 3 rings (SSSR count). The van der Waals surface area contributed by atoms with E-state index >= 15 is 0 Å². The molecular weight excluding hydrogens is 290 g/mol. The molecule has 0 saturated carbocycles. The predicted molar refractivity (Wildman–Crippen MR) is 79.1 cm³/mol. The highest BCUT2D eigenvalue weighted by molar-refractivity contribution is 7.89. The number of hydrogen-bond acceptors (Lipinski definition) is 4. The Kier molecular flexibility index (Phi) is 3.08. The molecule has 0 atom stereocenters. The fourth-order valence-electron chi connectivity index (χ4n) is 2.07. The maximum atomic E-state index is 11.9. The third-order valence-electron chi connectivity index (χ3n) is 3.03. The first-order valence-electron chi connectivity index (χ1n) is 6.07. The summed E-state index contributed by atoms with van der Waals surface area (Å²) in [6.07, 6.45) is 0. The van der Waals surface area contributed by atoms with Gasteiger partial charge < -0.3 is 5.32 Å². The molecule has 1 amide bonds. The van der Waals surface area contributed by atoms with Gasteiger partial charge in [-0.3, -0.25) is 4.79 Å². The van der Waals surface area contributed by atoms with Crippen LogP contribution >= 0.6 is 0 Å². The van der Waals surface area contributed by atoms with E-state index in [2.05, 4.69) is 10.3 Å². The number of aliphatic imine (C=N–C) groups is 1. The molecule has 1 heterocycles. The number of fused-ring (bicyclic) bond motifs is 1. The van der Waals surface area contributed by atoms with Gasteiger partial charge in [-0.1, -0.05) is 24.3 Å². The number of nitrogens with one attached hydrogen (secondary N) is 1. The average molecular weight is 301 g/mol. The van der Waals surface area contributed by atoms with Gasteiger partial charge in [-0.25, -0.2) is 18.5 Å². The summed E-state index contributed by atoms with van der Waals surface area (Å²) in [5, 5.41) is 7.78. The van der Waals surface area contributed by atoms with Gasteiger partial charge in [0.25, 0.3) is 5.91 Å². The van der Waals surface area contributed by atoms with E-state index in [9.17, 15) is 13.2 Å². The number of para-hydroxylation sites is 1. The number of nitrogens with zero attached hydrogens (tertiary/aromatic N) is 1. The quantitative estimate of drug-likeness (QED) is 0.876. The molecule has 0 saturated heterocycles. The second-order valence-corrected chi connectivity index (χ2v) is 6.06. The first-order chi connectivity index (χ1) is 9.95. The Morgan fingerprint density at radius 2 is 1.81 bits per heavy atom. The van der Waals surface area contributed by atoms with Crippen LogP contribution in [0, 0.1) is 0 Å². The van der Waals surface area contributed by atoms with Crippen LogP contribution in [0.5, 0.6) is 0 Å². The molecule has 2 aromatic carbocycles. The molecule has 0 fully saturated rings. The second kappa shape index (κ2) is 4.80. The first-order valence-corrected chi connectivity index (χ1v) is 7.62. The summed E-state index contributed by atoms with van der Waals surface area (Å²) in [5.41, 5.74) is 1.97. The third-order valence-corrected chi connectivity index (χ3v) is 3.94. The Hall–Kier alpha value is -2.51. The zero-order valence-corrected chi connectivity index (χ0v) is 11.6. The Labute approximate surface area is 121 Å². The van der Waals surface area contributed by atoms with E-state index in [1.165, 1.54) is 18.2 Å². The molecule has 1 aliphatic heterocycles. The van der Waals surface area contributed by atoms with E-state index in [4.69, 9.17) is 5.14 Å². The summed E-state index contributed by atoms with van der Waals surface area (Å²) < 4.78 is 22.7. The van der Waals surface area contributed by atoms with Crippen LogP contribution in [0.1, 0.15) is 5.56 Å². The second-order valence-electron chi connectivity index (χ2n) is 4.50. The Morgan fingerprint density at radius 1 is 1.05 bits per heavy atom. The van der Waals surface area contributed by atoms with Gasteiger partial charge in [0, 0.05) is 5.56 Å². The molecule has 0 bridgehead atoms. The van der Waals surface area contributed by atoms with Crippen LogP contribution in [0.25, 0.3) is 0 Å². The minimum Gasteiger partial charge on any atom is -0.320 e. The lowest BCUT2D eigenvalue weighted by atomic mass is 10.1. The van der Waals surface area contributed by atoms with Crippen LogP contribution in [0.2, 0.25) is 0 Å². The number of anilines is 1. The minimum atomic E-state index is -3.80. The summed E-state index contributed by atoms with van der Waals surface area (Å²) >= 11 is 0. The van der Waals surface area contributed by atoms with Crippen molar-refractivity contribution in [2.75, 3.05) is 5.32 Å². The van der Waals surface area contributed by atoms with Crippen LogP contribution < -0.4 is 10.5 Å². The number of benzene rings is 2. The summed E-state index contributed by atoms with van der Waals surface area (Å²) in [7, 11) is -3.80. The lowest BCUT2D eigenvalue weighted by Crippen LogP contribution is -2.14. The molecule has 106 valence electrons. The molecule has 1 aliphatic rings. The molecular formula is C14H11N3O3S. The number of hydrogen-bond donors (Lipinski definition) is 2. The molecule has 21 heavy (non-hydrogen) atoms. The van der Waals surface area contributed by atoms with Gasteiger partial charge in [-0.15, -0.1) is 0 Å². The molecule has 0 aliphatic carbocycles. The van der Waals surface area contributed by atoms with Crippen molar-refractivity contribution < 1.29 is 13.2 Å². The number of sulfonamides is 1. The standard InChI is InChI=1S/C14H11N3O3S/c15-21(19,20)10-5-3-4-9(8-10)16-13-11-6-1-2-7-12(11)17-14(13)18/h1-8H,(H2,15,19,20)(H,16,17,18). The largest absolute Gasteiger partial charge is 0.320 e. The molecule has 0 spiro atoms. The van der Waals surface area contributed by atoms with Gasteiger partial charge >= 0.3 is 0 Å². The number of rotatable bonds is 2. The van der Waals surface area contributed by atoms with E-state index in [0.717, 1.165) is 0 Å². The van der Waals surface area contributed by atoms with E-state index in [1.54, 1.807) is 24.3 Å². The van der Waals surface area contributed by atoms with Gasteiger partial charge in [-0.2, -0.15) is 0 Å². The number of amides is 1. The van der Waals surface area contributed by atoms with Crippen LogP contribution in [0.3, 0.4) is 0 Å². The summed E-state index contributed by atoms with van der Waals surface area (Å²) in [6, 6.07) is 13.0. The van der Waals surface area contributed by atoms with Crippen LogP contribution in [0.15, 0.2) is 58.4 Å². The average Bonchev–Trinajstić information content (AvgIpc) is 2.75. The maximum Gasteiger partial charge on any atom is 0.275 e.